The molecule has 0 radical (unpaired) electrons. The van der Waals surface area contributed by atoms with Crippen LogP contribution in [-0.4, -0.2) is 33.4 Å². The third kappa shape index (κ3) is 7.95. The van der Waals surface area contributed by atoms with Gasteiger partial charge in [-0.15, -0.1) is 0 Å². The van der Waals surface area contributed by atoms with Gasteiger partial charge < -0.3 is 13.9 Å². The van der Waals surface area contributed by atoms with Gasteiger partial charge in [0.25, 0.3) is 0 Å². The van der Waals surface area contributed by atoms with Crippen LogP contribution in [-0.2, 0) is 0 Å². The van der Waals surface area contributed by atoms with E-state index in [0.29, 0.717) is 0 Å². The van der Waals surface area contributed by atoms with Gasteiger partial charge in [0.05, 0.1) is 22.1 Å². The lowest BCUT2D eigenvalue weighted by Gasteiger charge is -2.45. The number of hydrogen-bond acceptors (Lipinski definition) is 1. The molecule has 0 unspecified atom stereocenters. The number of para-hydroxylation sites is 4. The number of fused-ring (bicyclic) bond motifs is 8. The fraction of sp³-hybridized carbons (Fsp3) is 0. The minimum Gasteiger partial charge on any atom is -0.458 e. The molecule has 0 bridgehead atoms. The summed E-state index contributed by atoms with van der Waals surface area (Å²) in [4.78, 5) is 0. The molecule has 0 amide bonds. The maximum atomic E-state index is 8.86. The summed E-state index contributed by atoms with van der Waals surface area (Å²) >= 11 is 0. The number of nitrogens with zero attached hydrogens (tertiary/aromatic N) is 2. The molecule has 0 N–H and O–H groups in total. The van der Waals surface area contributed by atoms with Crippen molar-refractivity contribution in [2.24, 2.45) is 0 Å². The molecule has 0 atom stereocenters. The predicted octanol–water partition coefficient (Wildman–Crippen LogP) is 12.1. The van der Waals surface area contributed by atoms with Crippen molar-refractivity contribution in [3.05, 3.63) is 364 Å². The Bertz CT molecular complexity index is 4680. The maximum Gasteiger partial charge on any atom is 0.188 e. The first-order valence-corrected chi connectivity index (χ1v) is 37.2. The Hall–Kier alpha value is -10.9. The van der Waals surface area contributed by atoms with Crippen LogP contribution in [0.4, 0.5) is 0 Å². The number of aromatic nitrogens is 2. The van der Waals surface area contributed by atoms with Crippen LogP contribution in [0.1, 0.15) is 0 Å². The highest BCUT2D eigenvalue weighted by Crippen LogP contribution is 2.39. The molecule has 1 aliphatic rings. The van der Waals surface area contributed by atoms with Crippen molar-refractivity contribution >= 4 is 130 Å². The van der Waals surface area contributed by atoms with E-state index in [-0.39, 0.29) is 0 Å². The molecule has 3 nitrogen and oxygen atoms in total. The Morgan fingerprint density at radius 2 is 0.456 bits per heavy atom. The smallest absolute Gasteiger partial charge is 0.188 e. The van der Waals surface area contributed by atoms with Crippen molar-refractivity contribution in [1.29, 1.82) is 0 Å². The van der Waals surface area contributed by atoms with Gasteiger partial charge in [0, 0.05) is 32.9 Å². The molecule has 14 aromatic carbocycles. The SMILES string of the molecule is c1ccc([Si](c2ccccc2)(c2ccccc2)c2cc(-n3c4ccccc4c4ccccc43)cc3c2Oc2c([Si](c4ccccc4)(c4ccccc4)c4ccccc4)cc(-n4c5ccccc5c5ccccc54)cc2[Si]3(c2ccccc2)c2ccccc2)cc1. The van der Waals surface area contributed by atoms with Gasteiger partial charge in [-0.3, -0.25) is 0 Å². The van der Waals surface area contributed by atoms with Gasteiger partial charge in [0.15, 0.2) is 24.2 Å². The zero-order chi connectivity index (χ0) is 59.6. The van der Waals surface area contributed by atoms with Gasteiger partial charge >= 0.3 is 0 Å². The van der Waals surface area contributed by atoms with Crippen LogP contribution in [0.25, 0.3) is 55.0 Å². The standard InChI is InChI=1S/C84H60N2OSi3/c1-9-33-63(34-10-1)88(64-35-11-2-12-36-64,65-37-13-3-14-38-65)79-57-61(85-75-53-29-25-49-71(75)72-50-26-30-54-76(72)85)59-81-83(79)87-84-80(89(66-39-15-4-16-40-66,67-41-17-5-18-42-67)68-43-19-6-20-44-68)58-62(86-77-55-31-27-51-73(77)74-52-28-32-56-78(74)86)60-82(84)90(81,69-45-21-7-22-46-69)70-47-23-8-24-48-70/h1-60H. The lowest BCUT2D eigenvalue weighted by Crippen LogP contribution is -2.81. The third-order valence-electron chi connectivity index (χ3n) is 19.3. The van der Waals surface area contributed by atoms with Crippen molar-refractivity contribution in [3.63, 3.8) is 0 Å². The number of rotatable bonds is 12. The van der Waals surface area contributed by atoms with E-state index in [4.69, 9.17) is 4.74 Å². The summed E-state index contributed by atoms with van der Waals surface area (Å²) in [5.74, 6) is 1.86. The Morgan fingerprint density at radius 1 is 0.233 bits per heavy atom. The largest absolute Gasteiger partial charge is 0.458 e. The highest BCUT2D eigenvalue weighted by atomic mass is 28.3. The van der Waals surface area contributed by atoms with Gasteiger partial charge in [0.2, 0.25) is 0 Å². The van der Waals surface area contributed by atoms with E-state index in [1.165, 1.54) is 83.8 Å². The summed E-state index contributed by atoms with van der Waals surface area (Å²) in [6, 6.07) is 138. The van der Waals surface area contributed by atoms with Crippen LogP contribution in [0.5, 0.6) is 11.5 Å². The summed E-state index contributed by atoms with van der Waals surface area (Å²) in [5, 5.41) is 19.8. The van der Waals surface area contributed by atoms with E-state index in [2.05, 4.69) is 373 Å². The molecule has 3 heterocycles. The van der Waals surface area contributed by atoms with Crippen molar-refractivity contribution in [3.8, 4) is 22.9 Å². The average Bonchev–Trinajstić information content (AvgIpc) is 0.810. The molecular formula is C84H60N2OSi3. The monoisotopic (exact) mass is 1200 g/mol. The lowest BCUT2D eigenvalue weighted by molar-refractivity contribution is 0.494. The quantitative estimate of drug-likeness (QED) is 0.0881. The molecule has 16 aromatic rings. The van der Waals surface area contributed by atoms with Crippen LogP contribution in [0, 0.1) is 0 Å². The fourth-order valence-electron chi connectivity index (χ4n) is 15.7. The zero-order valence-electron chi connectivity index (χ0n) is 49.4. The van der Waals surface area contributed by atoms with Crippen LogP contribution in [0.15, 0.2) is 364 Å². The van der Waals surface area contributed by atoms with Gasteiger partial charge in [-0.25, -0.2) is 0 Å². The van der Waals surface area contributed by atoms with E-state index < -0.39 is 24.2 Å². The Morgan fingerprint density at radius 3 is 0.711 bits per heavy atom. The minimum atomic E-state index is -3.77. The minimum absolute atomic E-state index is 0.928. The summed E-state index contributed by atoms with van der Waals surface area (Å²) in [5.41, 5.74) is 6.80. The van der Waals surface area contributed by atoms with Gasteiger partial charge in [-0.2, -0.15) is 0 Å². The van der Waals surface area contributed by atoms with E-state index in [0.717, 1.165) is 44.9 Å². The molecule has 17 rings (SSSR count). The third-order valence-corrected chi connectivity index (χ3v) is 33.6. The molecule has 90 heavy (non-hydrogen) atoms. The fourth-order valence-corrected chi connectivity index (χ4v) is 30.8. The molecule has 0 saturated heterocycles. The second kappa shape index (κ2) is 21.8. The first-order chi connectivity index (χ1) is 44.7. The van der Waals surface area contributed by atoms with Crippen molar-refractivity contribution < 1.29 is 4.74 Å². The number of benzene rings is 14. The van der Waals surface area contributed by atoms with E-state index in [9.17, 15) is 0 Å². The molecule has 0 saturated carbocycles. The Labute approximate surface area is 527 Å². The van der Waals surface area contributed by atoms with Crippen LogP contribution < -0.4 is 67.0 Å². The first-order valence-electron chi connectivity index (χ1n) is 31.2. The summed E-state index contributed by atoms with van der Waals surface area (Å²) in [7, 11) is -10.8. The Balaban J connectivity index is 1.15. The highest BCUT2D eigenvalue weighted by molar-refractivity contribution is 7.24. The second-order valence-electron chi connectivity index (χ2n) is 23.8. The van der Waals surface area contributed by atoms with Gasteiger partial charge in [0.1, 0.15) is 11.5 Å². The lowest BCUT2D eigenvalue weighted by atomic mass is 10.2. The topological polar surface area (TPSA) is 19.1 Å². The van der Waals surface area contributed by atoms with Gasteiger partial charge in [-0.05, 0) is 111 Å². The molecule has 0 fully saturated rings. The van der Waals surface area contributed by atoms with Crippen LogP contribution >= 0.6 is 0 Å². The molecule has 1 aliphatic heterocycles. The van der Waals surface area contributed by atoms with E-state index in [1.807, 2.05) is 0 Å². The molecular weight excluding hydrogens is 1140 g/mol. The summed E-state index contributed by atoms with van der Waals surface area (Å²) in [6.07, 6.45) is 0. The predicted molar refractivity (Wildman–Crippen MR) is 386 cm³/mol. The average molecular weight is 1200 g/mol. The first kappa shape index (κ1) is 53.4. The Kier molecular flexibility index (Phi) is 12.9. The number of hydrogen-bond donors (Lipinski definition) is 0. The molecule has 0 spiro atoms. The molecule has 424 valence electrons. The van der Waals surface area contributed by atoms with Gasteiger partial charge in [-0.1, -0.05) is 315 Å². The molecule has 6 heteroatoms. The van der Waals surface area contributed by atoms with E-state index in [1.54, 1.807) is 0 Å². The summed E-state index contributed by atoms with van der Waals surface area (Å²) in [6.45, 7) is 0. The van der Waals surface area contributed by atoms with Crippen molar-refractivity contribution in [2.75, 3.05) is 0 Å². The maximum absolute atomic E-state index is 8.86. The van der Waals surface area contributed by atoms with Crippen LogP contribution in [0.2, 0.25) is 0 Å². The zero-order valence-corrected chi connectivity index (χ0v) is 52.4. The van der Waals surface area contributed by atoms with Crippen molar-refractivity contribution in [1.82, 2.24) is 9.13 Å². The van der Waals surface area contributed by atoms with Crippen LogP contribution in [0.3, 0.4) is 0 Å². The second-order valence-corrected chi connectivity index (χ2v) is 35.0. The van der Waals surface area contributed by atoms with E-state index >= 15 is 0 Å². The summed E-state index contributed by atoms with van der Waals surface area (Å²) < 4.78 is 14.0. The highest BCUT2D eigenvalue weighted by Gasteiger charge is 2.55. The molecule has 2 aromatic heterocycles. The molecule has 0 aliphatic carbocycles. The number of ether oxygens (including phenoxy) is 1. The van der Waals surface area contributed by atoms with Crippen molar-refractivity contribution in [2.45, 2.75) is 0 Å². The normalized spacial score (nSPS) is 12.8.